The van der Waals surface area contributed by atoms with E-state index in [9.17, 15) is 0 Å². The molecule has 0 saturated carbocycles. The van der Waals surface area contributed by atoms with Crippen LogP contribution in [0.2, 0.25) is 10.0 Å². The van der Waals surface area contributed by atoms with Gasteiger partial charge in [0.15, 0.2) is 0 Å². The molecule has 1 aliphatic rings. The average Bonchev–Trinajstić information content (AvgIpc) is 3.30. The van der Waals surface area contributed by atoms with Crippen molar-refractivity contribution in [1.29, 1.82) is 0 Å². The van der Waals surface area contributed by atoms with Crippen LogP contribution in [0.4, 0.5) is 5.95 Å². The third-order valence-electron chi connectivity index (χ3n) is 3.89. The Morgan fingerprint density at radius 3 is 2.96 bits per heavy atom. The van der Waals surface area contributed by atoms with Crippen LogP contribution in [0.25, 0.3) is 0 Å². The highest BCUT2D eigenvalue weighted by Gasteiger charge is 2.12. The summed E-state index contributed by atoms with van der Waals surface area (Å²) in [5, 5.41) is 12.9. The fourth-order valence-electron chi connectivity index (χ4n) is 2.57. The molecule has 27 heavy (non-hydrogen) atoms. The van der Waals surface area contributed by atoms with Crippen molar-refractivity contribution in [2.24, 2.45) is 10.1 Å². The Morgan fingerprint density at radius 2 is 2.07 bits per heavy atom. The van der Waals surface area contributed by atoms with Crippen molar-refractivity contribution in [2.45, 2.75) is 17.5 Å². The van der Waals surface area contributed by atoms with Gasteiger partial charge in [0.2, 0.25) is 11.1 Å². The molecular formula is C18H14Cl2N6S. The van der Waals surface area contributed by atoms with E-state index in [4.69, 9.17) is 23.2 Å². The Hall–Kier alpha value is -2.35. The number of hydrogen-bond donors (Lipinski definition) is 2. The molecule has 0 unspecified atom stereocenters. The normalized spacial score (nSPS) is 13.0. The fraction of sp³-hybridized carbons (Fsp3) is 0.111. The second kappa shape index (κ2) is 8.12. The molecule has 6 nitrogen and oxygen atoms in total. The molecule has 0 spiro atoms. The van der Waals surface area contributed by atoms with Gasteiger partial charge in [-0.1, -0.05) is 65.3 Å². The van der Waals surface area contributed by atoms with Crippen molar-refractivity contribution in [1.82, 2.24) is 15.2 Å². The molecule has 0 bridgehead atoms. The summed E-state index contributed by atoms with van der Waals surface area (Å²) in [6, 6.07) is 13.7. The number of hydrogen-bond acceptors (Lipinski definition) is 6. The number of hydrazone groups is 1. The summed E-state index contributed by atoms with van der Waals surface area (Å²) >= 11 is 13.4. The molecule has 3 aromatic rings. The lowest BCUT2D eigenvalue weighted by Gasteiger charge is -2.00. The van der Waals surface area contributed by atoms with E-state index in [-0.39, 0.29) is 0 Å². The monoisotopic (exact) mass is 416 g/mol. The van der Waals surface area contributed by atoms with Gasteiger partial charge in [-0.2, -0.15) is 10.1 Å². The van der Waals surface area contributed by atoms with Gasteiger partial charge in [-0.3, -0.25) is 4.99 Å². The van der Waals surface area contributed by atoms with Crippen molar-refractivity contribution in [3.8, 4) is 0 Å². The topological polar surface area (TPSA) is 78.3 Å². The summed E-state index contributed by atoms with van der Waals surface area (Å²) in [6.45, 7) is 0.690. The first-order valence-electron chi connectivity index (χ1n) is 8.10. The zero-order chi connectivity index (χ0) is 18.6. The van der Waals surface area contributed by atoms with E-state index in [2.05, 4.69) is 36.8 Å². The van der Waals surface area contributed by atoms with E-state index in [0.717, 1.165) is 16.8 Å². The van der Waals surface area contributed by atoms with Crippen molar-refractivity contribution < 1.29 is 0 Å². The Labute approximate surface area is 170 Å². The van der Waals surface area contributed by atoms with Crippen LogP contribution in [0, 0.1) is 0 Å². The Morgan fingerprint density at radius 1 is 1.19 bits per heavy atom. The summed E-state index contributed by atoms with van der Waals surface area (Å²) in [6.07, 6.45) is 1.69. The summed E-state index contributed by atoms with van der Waals surface area (Å²) in [4.78, 5) is 8.82. The Balaban J connectivity index is 1.33. The molecule has 0 saturated heterocycles. The van der Waals surface area contributed by atoms with E-state index in [1.807, 2.05) is 30.3 Å². The highest BCUT2D eigenvalue weighted by molar-refractivity contribution is 7.98. The fourth-order valence-corrected chi connectivity index (χ4v) is 3.63. The van der Waals surface area contributed by atoms with Crippen LogP contribution in [-0.2, 0) is 12.3 Å². The van der Waals surface area contributed by atoms with E-state index in [1.54, 1.807) is 12.3 Å². The number of thioether (sulfide) groups is 1. The average molecular weight is 417 g/mol. The lowest BCUT2D eigenvalue weighted by molar-refractivity contribution is 0.972. The van der Waals surface area contributed by atoms with E-state index < -0.39 is 0 Å². The number of H-pyrrole nitrogens is 1. The van der Waals surface area contributed by atoms with Gasteiger partial charge >= 0.3 is 0 Å². The standard InChI is InChI=1S/C18H14Cl2N6S/c19-14-6-5-11(7-15(14)20)10-27-18-23-17(25-26-18)24-22-9-16-13-4-2-1-3-12(13)8-21-16/h1-7,9H,8,10H2,(H2,23,24,25,26)/b22-9-. The van der Waals surface area contributed by atoms with Crippen LogP contribution in [0.5, 0.6) is 0 Å². The number of anilines is 1. The third-order valence-corrected chi connectivity index (χ3v) is 5.54. The number of nitrogens with zero attached hydrogens (tertiary/aromatic N) is 4. The van der Waals surface area contributed by atoms with E-state index in [0.29, 0.717) is 33.4 Å². The van der Waals surface area contributed by atoms with Gasteiger partial charge in [0.05, 0.1) is 28.5 Å². The first kappa shape index (κ1) is 18.0. The van der Waals surface area contributed by atoms with Crippen molar-refractivity contribution in [3.05, 3.63) is 69.2 Å². The highest BCUT2D eigenvalue weighted by Crippen LogP contribution is 2.26. The number of halogens is 2. The summed E-state index contributed by atoms with van der Waals surface area (Å²) < 4.78 is 0. The molecule has 2 aromatic carbocycles. The Kier molecular flexibility index (Phi) is 5.42. The van der Waals surface area contributed by atoms with Gasteiger partial charge in [-0.15, -0.1) is 5.10 Å². The first-order chi connectivity index (χ1) is 13.2. The van der Waals surface area contributed by atoms with Gasteiger partial charge in [0.1, 0.15) is 0 Å². The SMILES string of the molecule is Clc1ccc(CSc2n[nH]c(N/N=C\C3=NCc4ccccc43)n2)cc1Cl. The summed E-state index contributed by atoms with van der Waals surface area (Å²) in [5.41, 5.74) is 7.06. The number of aliphatic imine (C=N–C) groups is 1. The molecule has 2 heterocycles. The van der Waals surface area contributed by atoms with Crippen LogP contribution in [-0.4, -0.2) is 27.1 Å². The number of aromatic amines is 1. The van der Waals surface area contributed by atoms with Crippen molar-refractivity contribution in [3.63, 3.8) is 0 Å². The lowest BCUT2D eigenvalue weighted by Crippen LogP contribution is -2.02. The molecule has 2 N–H and O–H groups in total. The molecule has 1 aromatic heterocycles. The van der Waals surface area contributed by atoms with Gasteiger partial charge in [-0.05, 0) is 23.3 Å². The third kappa shape index (κ3) is 4.32. The van der Waals surface area contributed by atoms with Crippen LogP contribution >= 0.6 is 35.0 Å². The number of rotatable bonds is 6. The summed E-state index contributed by atoms with van der Waals surface area (Å²) in [5.74, 6) is 1.15. The van der Waals surface area contributed by atoms with Gasteiger partial charge in [0.25, 0.3) is 0 Å². The first-order valence-corrected chi connectivity index (χ1v) is 9.84. The molecule has 4 rings (SSSR count). The van der Waals surface area contributed by atoms with Gasteiger partial charge < -0.3 is 0 Å². The molecule has 0 atom stereocenters. The molecule has 0 amide bonds. The maximum Gasteiger partial charge on any atom is 0.240 e. The second-order valence-corrected chi connectivity index (χ2v) is 7.49. The molecule has 1 aliphatic heterocycles. The highest BCUT2D eigenvalue weighted by atomic mass is 35.5. The number of fused-ring (bicyclic) bond motifs is 1. The molecule has 0 aliphatic carbocycles. The van der Waals surface area contributed by atoms with Crippen molar-refractivity contribution in [2.75, 3.05) is 5.43 Å². The number of benzene rings is 2. The predicted molar refractivity (Wildman–Crippen MR) is 111 cm³/mol. The minimum atomic E-state index is 0.467. The van der Waals surface area contributed by atoms with Crippen molar-refractivity contribution >= 4 is 52.8 Å². The molecule has 136 valence electrons. The van der Waals surface area contributed by atoms with Crippen LogP contribution in [0.3, 0.4) is 0 Å². The lowest BCUT2D eigenvalue weighted by atomic mass is 10.1. The van der Waals surface area contributed by atoms with Gasteiger partial charge in [-0.25, -0.2) is 10.5 Å². The van der Waals surface area contributed by atoms with Crippen LogP contribution in [0.15, 0.2) is 57.7 Å². The molecule has 9 heteroatoms. The minimum absolute atomic E-state index is 0.467. The summed E-state index contributed by atoms with van der Waals surface area (Å²) in [7, 11) is 0. The van der Waals surface area contributed by atoms with Crippen LogP contribution in [0.1, 0.15) is 16.7 Å². The number of aromatic nitrogens is 3. The largest absolute Gasteiger partial charge is 0.278 e. The van der Waals surface area contributed by atoms with Crippen LogP contribution < -0.4 is 5.43 Å². The zero-order valence-electron chi connectivity index (χ0n) is 14.0. The van der Waals surface area contributed by atoms with E-state index in [1.165, 1.54) is 17.3 Å². The minimum Gasteiger partial charge on any atom is -0.278 e. The molecular weight excluding hydrogens is 403 g/mol. The maximum absolute atomic E-state index is 6.03. The Bertz CT molecular complexity index is 1030. The maximum atomic E-state index is 6.03. The predicted octanol–water partition coefficient (Wildman–Crippen LogP) is 4.80. The zero-order valence-corrected chi connectivity index (χ0v) is 16.3. The smallest absolute Gasteiger partial charge is 0.240 e. The number of nitrogens with one attached hydrogen (secondary N) is 2. The molecule has 0 fully saturated rings. The quantitative estimate of drug-likeness (QED) is 0.343. The van der Waals surface area contributed by atoms with Gasteiger partial charge in [0, 0.05) is 11.3 Å². The second-order valence-electron chi connectivity index (χ2n) is 5.73. The molecule has 0 radical (unpaired) electrons. The van der Waals surface area contributed by atoms with E-state index >= 15 is 0 Å².